The smallest absolute Gasteiger partial charge is 0.281 e. The van der Waals surface area contributed by atoms with Crippen LogP contribution in [-0.2, 0) is 29.6 Å². The molecule has 1 N–H and O–H groups in total. The number of hydrogen-bond acceptors (Lipinski definition) is 7. The van der Waals surface area contributed by atoms with E-state index in [0.717, 1.165) is 20.5 Å². The molecule has 0 bridgehead atoms. The van der Waals surface area contributed by atoms with Gasteiger partial charge in [0.05, 0.1) is 12.3 Å². The van der Waals surface area contributed by atoms with Crippen LogP contribution in [0.5, 0.6) is 0 Å². The number of furan rings is 1. The maximum atomic E-state index is 13.3. The number of aromatic nitrogens is 1. The summed E-state index contributed by atoms with van der Waals surface area (Å²) in [5, 5.41) is 7.01. The number of nitrogens with zero attached hydrogens (tertiary/aromatic N) is 3. The van der Waals surface area contributed by atoms with Crippen LogP contribution in [0, 0.1) is 0 Å². The molecule has 4 rings (SSSR count). The highest BCUT2D eigenvalue weighted by Gasteiger charge is 2.34. The number of hydrogen-bond donors (Lipinski definition) is 1. The lowest BCUT2D eigenvalue weighted by atomic mass is 10.0. The van der Waals surface area contributed by atoms with E-state index in [1.54, 1.807) is 24.1 Å². The van der Waals surface area contributed by atoms with Crippen LogP contribution in [0.2, 0.25) is 0 Å². The van der Waals surface area contributed by atoms with Gasteiger partial charge in [-0.2, -0.15) is 17.0 Å². The molecule has 3 aromatic rings. The molecule has 176 valence electrons. The Morgan fingerprint density at radius 1 is 1.27 bits per heavy atom. The lowest BCUT2D eigenvalue weighted by Crippen LogP contribution is -2.43. The second-order valence-electron chi connectivity index (χ2n) is 7.89. The van der Waals surface area contributed by atoms with Gasteiger partial charge in [0, 0.05) is 50.5 Å². The molecule has 0 spiro atoms. The van der Waals surface area contributed by atoms with Gasteiger partial charge in [0.15, 0.2) is 5.69 Å². The van der Waals surface area contributed by atoms with Crippen molar-refractivity contribution >= 4 is 27.9 Å². The summed E-state index contributed by atoms with van der Waals surface area (Å²) in [5.74, 6) is 0.853. The summed E-state index contributed by atoms with van der Waals surface area (Å²) in [5.41, 5.74) is 1.53. The van der Waals surface area contributed by atoms with E-state index in [4.69, 9.17) is 8.94 Å². The molecule has 0 aliphatic carbocycles. The van der Waals surface area contributed by atoms with Gasteiger partial charge in [-0.15, -0.1) is 11.8 Å². The van der Waals surface area contributed by atoms with Crippen molar-refractivity contribution in [3.63, 3.8) is 0 Å². The van der Waals surface area contributed by atoms with Crippen LogP contribution in [0.3, 0.4) is 0 Å². The quantitative estimate of drug-likeness (QED) is 0.484. The van der Waals surface area contributed by atoms with Crippen molar-refractivity contribution in [2.45, 2.75) is 30.3 Å². The third-order valence-corrected chi connectivity index (χ3v) is 8.23. The monoisotopic (exact) mass is 490 g/mol. The molecule has 2 aromatic heterocycles. The van der Waals surface area contributed by atoms with Gasteiger partial charge < -0.3 is 14.3 Å². The zero-order valence-electron chi connectivity index (χ0n) is 18.6. The molecule has 0 saturated heterocycles. The number of amides is 1. The minimum Gasteiger partial charge on any atom is -0.469 e. The van der Waals surface area contributed by atoms with Gasteiger partial charge >= 0.3 is 0 Å². The van der Waals surface area contributed by atoms with Crippen LogP contribution in [0.1, 0.15) is 39.2 Å². The van der Waals surface area contributed by atoms with Crippen molar-refractivity contribution in [2.75, 3.05) is 26.9 Å². The standard InChI is InChI=1S/C22H26N4O5S2/c1-25(2)33(28,29)26-11-10-20-18(14-26)21(24-31-20)22(27)23-19(13-16-5-4-12-30-16)15-6-8-17(32-3)9-7-15/h4-9,12,19H,10-11,13-14H2,1-3H3,(H,23,27). The molecule has 11 heteroatoms. The SMILES string of the molecule is CSc1ccc(C(Cc2ccco2)NC(=O)c2noc3c2CN(S(=O)(=O)N(C)C)CC3)cc1. The van der Waals surface area contributed by atoms with Crippen LogP contribution in [0.15, 0.2) is 56.5 Å². The average Bonchev–Trinajstić information content (AvgIpc) is 3.48. The van der Waals surface area contributed by atoms with E-state index in [-0.39, 0.29) is 24.8 Å². The number of benzene rings is 1. The van der Waals surface area contributed by atoms with E-state index in [9.17, 15) is 13.2 Å². The maximum Gasteiger partial charge on any atom is 0.281 e. The van der Waals surface area contributed by atoms with Crippen molar-refractivity contribution < 1.29 is 22.2 Å². The Balaban J connectivity index is 1.58. The van der Waals surface area contributed by atoms with E-state index in [1.807, 2.05) is 36.6 Å². The highest BCUT2D eigenvalue weighted by Crippen LogP contribution is 2.27. The van der Waals surface area contributed by atoms with Gasteiger partial charge in [0.2, 0.25) is 0 Å². The fourth-order valence-electron chi connectivity index (χ4n) is 3.74. The van der Waals surface area contributed by atoms with Crippen molar-refractivity contribution in [2.24, 2.45) is 0 Å². The molecule has 0 saturated carbocycles. The molecule has 9 nitrogen and oxygen atoms in total. The maximum absolute atomic E-state index is 13.3. The van der Waals surface area contributed by atoms with Gasteiger partial charge in [-0.25, -0.2) is 0 Å². The number of rotatable bonds is 8. The molecular formula is C22H26N4O5S2. The topological polar surface area (TPSA) is 109 Å². The molecule has 3 heterocycles. The predicted octanol–water partition coefficient (Wildman–Crippen LogP) is 2.87. The average molecular weight is 491 g/mol. The van der Waals surface area contributed by atoms with Crippen LogP contribution in [0.4, 0.5) is 0 Å². The van der Waals surface area contributed by atoms with Crippen LogP contribution in [-0.4, -0.2) is 55.0 Å². The van der Waals surface area contributed by atoms with Crippen LogP contribution < -0.4 is 5.32 Å². The number of carbonyl (C=O) groups excluding carboxylic acids is 1. The van der Waals surface area contributed by atoms with Crippen LogP contribution in [0.25, 0.3) is 0 Å². The lowest BCUT2D eigenvalue weighted by molar-refractivity contribution is 0.0925. The fraction of sp³-hybridized carbons (Fsp3) is 0.364. The van der Waals surface area contributed by atoms with Gasteiger partial charge in [0.1, 0.15) is 11.5 Å². The highest BCUT2D eigenvalue weighted by atomic mass is 32.2. The summed E-state index contributed by atoms with van der Waals surface area (Å²) in [6.45, 7) is 0.306. The first kappa shape index (κ1) is 23.6. The van der Waals surface area contributed by atoms with Crippen LogP contribution >= 0.6 is 11.8 Å². The van der Waals surface area contributed by atoms with Gasteiger partial charge in [-0.05, 0) is 36.1 Å². The van der Waals surface area contributed by atoms with Crippen molar-refractivity contribution in [1.82, 2.24) is 19.1 Å². The molecule has 1 unspecified atom stereocenters. The third kappa shape index (κ3) is 5.01. The minimum absolute atomic E-state index is 0.0351. The van der Waals surface area contributed by atoms with E-state index in [2.05, 4.69) is 10.5 Å². The largest absolute Gasteiger partial charge is 0.469 e. The first-order valence-electron chi connectivity index (χ1n) is 10.4. The van der Waals surface area contributed by atoms with E-state index in [1.165, 1.54) is 18.4 Å². The minimum atomic E-state index is -3.62. The molecule has 0 radical (unpaired) electrons. The molecule has 1 atom stereocenters. The Hall–Kier alpha value is -2.60. The summed E-state index contributed by atoms with van der Waals surface area (Å²) >= 11 is 1.64. The first-order chi connectivity index (χ1) is 15.8. The summed E-state index contributed by atoms with van der Waals surface area (Å²) in [6, 6.07) is 11.3. The Bertz CT molecular complexity index is 1200. The summed E-state index contributed by atoms with van der Waals surface area (Å²) in [7, 11) is -0.659. The number of thioether (sulfide) groups is 1. The molecule has 1 aliphatic rings. The molecule has 0 fully saturated rings. The summed E-state index contributed by atoms with van der Waals surface area (Å²) in [6.07, 6.45) is 4.41. The second-order valence-corrected chi connectivity index (χ2v) is 10.9. The Morgan fingerprint density at radius 2 is 2.03 bits per heavy atom. The summed E-state index contributed by atoms with van der Waals surface area (Å²) < 4.78 is 38.5. The Kier molecular flexibility index (Phi) is 6.94. The summed E-state index contributed by atoms with van der Waals surface area (Å²) in [4.78, 5) is 14.4. The van der Waals surface area contributed by atoms with Gasteiger partial charge in [-0.3, -0.25) is 4.79 Å². The predicted molar refractivity (Wildman–Crippen MR) is 124 cm³/mol. The van der Waals surface area contributed by atoms with Crippen molar-refractivity contribution in [3.05, 3.63) is 71.0 Å². The van der Waals surface area contributed by atoms with E-state index in [0.29, 0.717) is 24.2 Å². The molecule has 1 amide bonds. The fourth-order valence-corrected chi connectivity index (χ4v) is 5.22. The van der Waals surface area contributed by atoms with E-state index < -0.39 is 16.1 Å². The van der Waals surface area contributed by atoms with Gasteiger partial charge in [0.25, 0.3) is 16.1 Å². The van der Waals surface area contributed by atoms with Crippen molar-refractivity contribution in [3.8, 4) is 0 Å². The van der Waals surface area contributed by atoms with E-state index >= 15 is 0 Å². The first-order valence-corrected chi connectivity index (χ1v) is 13.0. The number of carbonyl (C=O) groups is 1. The second kappa shape index (κ2) is 9.72. The molecular weight excluding hydrogens is 464 g/mol. The zero-order valence-corrected chi connectivity index (χ0v) is 20.3. The molecule has 1 aromatic carbocycles. The van der Waals surface area contributed by atoms with Crippen molar-refractivity contribution in [1.29, 1.82) is 0 Å². The normalized spacial score (nSPS) is 15.4. The zero-order chi connectivity index (χ0) is 23.6. The third-order valence-electron chi connectivity index (χ3n) is 5.60. The highest BCUT2D eigenvalue weighted by molar-refractivity contribution is 7.98. The molecule has 33 heavy (non-hydrogen) atoms. The van der Waals surface area contributed by atoms with Gasteiger partial charge in [-0.1, -0.05) is 17.3 Å². The number of fused-ring (bicyclic) bond motifs is 1. The Morgan fingerprint density at radius 3 is 2.67 bits per heavy atom. The number of nitrogens with one attached hydrogen (secondary N) is 1. The Labute approximate surface area is 197 Å². The molecule has 1 aliphatic heterocycles. The lowest BCUT2D eigenvalue weighted by Gasteiger charge is -2.28.